The van der Waals surface area contributed by atoms with Gasteiger partial charge in [-0.2, -0.15) is 0 Å². The van der Waals surface area contributed by atoms with Gasteiger partial charge in [0, 0.05) is 6.42 Å². The Morgan fingerprint density at radius 3 is 1.25 bits per heavy atom. The largest absolute Gasteiger partial charge is 0.756 e. The van der Waals surface area contributed by atoms with Crippen molar-refractivity contribution in [3.63, 3.8) is 0 Å². The SMILES string of the molecule is CC/C=C\C/C=C\C/C=C\C/C=C\CCCCCCCCCCCCCCCCCCCCCCCCCCCCCCC(=O)NC(COP(=O)([O-])OCC[N+](C)(C)C)C(O)CCCCCCCCCC. The zero-order valence-electron chi connectivity index (χ0n) is 47.7. The standard InChI is InChI=1S/C62H119N2O6P/c1-6-8-10-12-14-16-17-18-19-20-21-22-23-24-25-26-27-28-29-30-31-32-33-34-35-36-37-38-39-40-41-42-43-44-45-46-47-48-50-52-54-56-62(66)63-60(59-70-71(67,68)69-58-57-64(3,4)5)61(65)55-53-51-49-15-13-11-9-7-2/h8,10,14,16,18-19,21-22,60-61,65H,6-7,9,11-13,15,17,20,23-59H2,1-5H3,(H-,63,66,67,68)/b10-8-,16-14-,19-18-,22-21-. The minimum atomic E-state index is -4.56. The summed E-state index contributed by atoms with van der Waals surface area (Å²) in [5.74, 6) is -0.163. The number of nitrogens with one attached hydrogen (secondary N) is 1. The monoisotopic (exact) mass is 1020 g/mol. The fourth-order valence-electron chi connectivity index (χ4n) is 9.09. The molecule has 0 aliphatic rings. The highest BCUT2D eigenvalue weighted by molar-refractivity contribution is 7.45. The number of allylic oxidation sites excluding steroid dienone is 8. The summed E-state index contributed by atoms with van der Waals surface area (Å²) in [5.41, 5.74) is 0. The molecule has 0 aliphatic heterocycles. The second-order valence-corrected chi connectivity index (χ2v) is 23.4. The smallest absolute Gasteiger partial charge is 0.268 e. The van der Waals surface area contributed by atoms with Crippen LogP contribution < -0.4 is 10.2 Å². The van der Waals surface area contributed by atoms with Gasteiger partial charge in [-0.25, -0.2) is 0 Å². The van der Waals surface area contributed by atoms with Crippen LogP contribution in [0.15, 0.2) is 48.6 Å². The number of carbonyl (C=O) groups excluding carboxylic acids is 1. The molecule has 2 N–H and O–H groups in total. The molecule has 0 aliphatic carbocycles. The molecule has 0 radical (unpaired) electrons. The lowest BCUT2D eigenvalue weighted by molar-refractivity contribution is -0.870. The number of amides is 1. The Morgan fingerprint density at radius 1 is 0.507 bits per heavy atom. The fraction of sp³-hybridized carbons (Fsp3) is 0.855. The molecule has 0 aromatic carbocycles. The predicted octanol–water partition coefficient (Wildman–Crippen LogP) is 18.1. The highest BCUT2D eigenvalue weighted by Crippen LogP contribution is 2.38. The van der Waals surface area contributed by atoms with Crippen LogP contribution in [-0.2, 0) is 18.4 Å². The number of aliphatic hydroxyl groups excluding tert-OH is 1. The fourth-order valence-corrected chi connectivity index (χ4v) is 9.82. The van der Waals surface area contributed by atoms with Crippen LogP contribution >= 0.6 is 7.82 Å². The van der Waals surface area contributed by atoms with Crippen molar-refractivity contribution in [3.05, 3.63) is 48.6 Å². The minimum absolute atomic E-state index is 0.0137. The maximum Gasteiger partial charge on any atom is 0.268 e. The summed E-state index contributed by atoms with van der Waals surface area (Å²) in [6.45, 7) is 4.59. The summed E-state index contributed by atoms with van der Waals surface area (Å²) >= 11 is 0. The van der Waals surface area contributed by atoms with Gasteiger partial charge in [-0.3, -0.25) is 9.36 Å². The highest BCUT2D eigenvalue weighted by Gasteiger charge is 2.24. The lowest BCUT2D eigenvalue weighted by Gasteiger charge is -2.30. The van der Waals surface area contributed by atoms with Crippen molar-refractivity contribution in [2.24, 2.45) is 0 Å². The van der Waals surface area contributed by atoms with Crippen LogP contribution in [-0.4, -0.2) is 68.5 Å². The zero-order chi connectivity index (χ0) is 52.0. The maximum absolute atomic E-state index is 12.9. The molecule has 9 heteroatoms. The van der Waals surface area contributed by atoms with E-state index < -0.39 is 20.0 Å². The summed E-state index contributed by atoms with van der Waals surface area (Å²) in [6, 6.07) is -0.795. The van der Waals surface area contributed by atoms with E-state index >= 15 is 0 Å². The Hall–Kier alpha value is -1.54. The third-order valence-corrected chi connectivity index (χ3v) is 14.8. The van der Waals surface area contributed by atoms with E-state index in [-0.39, 0.29) is 19.1 Å². The second-order valence-electron chi connectivity index (χ2n) is 22.0. The highest BCUT2D eigenvalue weighted by atomic mass is 31.2. The summed E-state index contributed by atoms with van der Waals surface area (Å²) in [4.78, 5) is 25.4. The third kappa shape index (κ3) is 56.0. The van der Waals surface area contributed by atoms with Crippen LogP contribution in [0.25, 0.3) is 0 Å². The Balaban J connectivity index is 3.72. The van der Waals surface area contributed by atoms with E-state index in [9.17, 15) is 19.4 Å². The lowest BCUT2D eigenvalue weighted by atomic mass is 10.0. The van der Waals surface area contributed by atoms with E-state index in [2.05, 4.69) is 67.8 Å². The van der Waals surface area contributed by atoms with Gasteiger partial charge in [0.1, 0.15) is 13.2 Å². The number of unbranched alkanes of at least 4 members (excludes halogenated alkanes) is 35. The molecule has 0 saturated carbocycles. The molecule has 1 amide bonds. The molecule has 0 bridgehead atoms. The van der Waals surface area contributed by atoms with Crippen molar-refractivity contribution >= 4 is 13.7 Å². The van der Waals surface area contributed by atoms with Crippen LogP contribution in [0.1, 0.15) is 290 Å². The van der Waals surface area contributed by atoms with Crippen LogP contribution in [0.5, 0.6) is 0 Å². The van der Waals surface area contributed by atoms with E-state index in [0.29, 0.717) is 23.9 Å². The molecular weight excluding hydrogens is 900 g/mol. The number of likely N-dealkylation sites (N-methyl/N-ethyl adjacent to an activating group) is 1. The van der Waals surface area contributed by atoms with E-state index in [1.54, 1.807) is 0 Å². The second kappa shape index (κ2) is 53.3. The first-order valence-corrected chi connectivity index (χ1v) is 31.9. The number of aliphatic hydroxyl groups is 1. The van der Waals surface area contributed by atoms with E-state index in [1.165, 1.54) is 199 Å². The number of hydrogen-bond acceptors (Lipinski definition) is 6. The topological polar surface area (TPSA) is 108 Å². The van der Waals surface area contributed by atoms with Gasteiger partial charge in [0.2, 0.25) is 5.91 Å². The summed E-state index contributed by atoms with van der Waals surface area (Å²) in [6.07, 6.45) is 70.7. The molecule has 0 fully saturated rings. The van der Waals surface area contributed by atoms with Crippen LogP contribution in [0.4, 0.5) is 0 Å². The summed E-state index contributed by atoms with van der Waals surface area (Å²) in [7, 11) is 1.31. The van der Waals surface area contributed by atoms with Gasteiger partial charge in [-0.1, -0.05) is 281 Å². The maximum atomic E-state index is 12.9. The van der Waals surface area contributed by atoms with Crippen molar-refractivity contribution < 1.29 is 32.9 Å². The minimum Gasteiger partial charge on any atom is -0.756 e. The number of nitrogens with zero attached hydrogens (tertiary/aromatic N) is 1. The van der Waals surface area contributed by atoms with E-state index in [4.69, 9.17) is 9.05 Å². The molecule has 0 saturated heterocycles. The zero-order valence-corrected chi connectivity index (χ0v) is 48.6. The average Bonchev–Trinajstić information content (AvgIpc) is 3.33. The summed E-state index contributed by atoms with van der Waals surface area (Å²) in [5, 5.41) is 13.9. The number of phosphoric acid groups is 1. The molecule has 0 rings (SSSR count). The van der Waals surface area contributed by atoms with Gasteiger partial charge in [0.25, 0.3) is 7.82 Å². The number of hydrogen-bond donors (Lipinski definition) is 2. The quantitative estimate of drug-likeness (QED) is 0.0272. The molecule has 71 heavy (non-hydrogen) atoms. The van der Waals surface area contributed by atoms with Gasteiger partial charge < -0.3 is 28.8 Å². The van der Waals surface area contributed by atoms with Gasteiger partial charge in [-0.05, 0) is 51.4 Å². The number of carbonyl (C=O) groups is 1. The Kier molecular flexibility index (Phi) is 52.1. The molecule has 0 spiro atoms. The van der Waals surface area contributed by atoms with Crippen molar-refractivity contribution in [1.29, 1.82) is 0 Å². The van der Waals surface area contributed by atoms with Gasteiger partial charge >= 0.3 is 0 Å². The molecule has 3 atom stereocenters. The first-order chi connectivity index (χ1) is 34.5. The van der Waals surface area contributed by atoms with Gasteiger partial charge in [0.05, 0.1) is 39.9 Å². The average molecular weight is 1020 g/mol. The Bertz CT molecular complexity index is 1290. The predicted molar refractivity (Wildman–Crippen MR) is 307 cm³/mol. The van der Waals surface area contributed by atoms with Crippen LogP contribution in [0.2, 0.25) is 0 Å². The normalized spacial score (nSPS) is 14.2. The molecule has 0 heterocycles. The molecule has 0 aromatic rings. The molecule has 8 nitrogen and oxygen atoms in total. The van der Waals surface area contributed by atoms with Crippen LogP contribution in [0.3, 0.4) is 0 Å². The van der Waals surface area contributed by atoms with E-state index in [0.717, 1.165) is 64.2 Å². The van der Waals surface area contributed by atoms with Crippen LogP contribution in [0, 0.1) is 0 Å². The molecule has 418 valence electrons. The summed E-state index contributed by atoms with van der Waals surface area (Å²) < 4.78 is 23.3. The van der Waals surface area contributed by atoms with Gasteiger partial charge in [0.15, 0.2) is 0 Å². The first-order valence-electron chi connectivity index (χ1n) is 30.5. The molecular formula is C62H119N2O6P. The number of quaternary nitrogens is 1. The van der Waals surface area contributed by atoms with E-state index in [1.807, 2.05) is 21.1 Å². The van der Waals surface area contributed by atoms with Gasteiger partial charge in [-0.15, -0.1) is 0 Å². The Labute approximate surface area is 441 Å². The van der Waals surface area contributed by atoms with Crippen molar-refractivity contribution in [1.82, 2.24) is 5.32 Å². The van der Waals surface area contributed by atoms with Crippen molar-refractivity contribution in [2.45, 2.75) is 302 Å². The number of rotatable bonds is 56. The van der Waals surface area contributed by atoms with Crippen molar-refractivity contribution in [2.75, 3.05) is 40.9 Å². The lowest BCUT2D eigenvalue weighted by Crippen LogP contribution is -2.46. The Morgan fingerprint density at radius 2 is 0.859 bits per heavy atom. The first kappa shape index (κ1) is 69.5. The molecule has 0 aromatic heterocycles. The van der Waals surface area contributed by atoms with Crippen molar-refractivity contribution in [3.8, 4) is 0 Å². The number of phosphoric ester groups is 1. The molecule has 3 unspecified atom stereocenters. The third-order valence-electron chi connectivity index (χ3n) is 13.8.